The summed E-state index contributed by atoms with van der Waals surface area (Å²) in [5.74, 6) is -1.60. The molecule has 0 aliphatic carbocycles. The molecular weight excluding hydrogens is 548 g/mol. The van der Waals surface area contributed by atoms with Crippen molar-refractivity contribution >= 4 is 17.7 Å². The molecule has 10 nitrogen and oxygen atoms in total. The van der Waals surface area contributed by atoms with Crippen LogP contribution in [-0.4, -0.2) is 76.6 Å². The first-order valence-electron chi connectivity index (χ1n) is 14.0. The van der Waals surface area contributed by atoms with Crippen LogP contribution in [0.25, 0.3) is 5.69 Å². The molecule has 5 rings (SSSR count). The first-order chi connectivity index (χ1) is 20.0. The van der Waals surface area contributed by atoms with Gasteiger partial charge in [0, 0.05) is 50.9 Å². The molecule has 1 unspecified atom stereocenters. The van der Waals surface area contributed by atoms with Crippen LogP contribution in [0, 0.1) is 11.6 Å². The van der Waals surface area contributed by atoms with Gasteiger partial charge < -0.3 is 24.4 Å². The number of hydrogen-bond acceptors (Lipinski definition) is 8. The standard InChI is InChI=1S/C30H35F2N5O5/c1-5-40-28(38)27-26-25(24(10-11-33-26)35-12-14-36(15-13-35)29(39)42-30(2,3)4)34-37(27)21-6-8-22(9-7-21)41-23-17-19(31)16-20(32)18-23/h6-9,16-18,24,33H,5,10-15H2,1-4H3. The Morgan fingerprint density at radius 3 is 2.29 bits per heavy atom. The SMILES string of the molecule is CCOC(=O)c1c2c(nn1-c1ccc(Oc3cc(F)cc(F)c3)cc1)C(N1CCN(C(=O)OC(C)(C)C)CC1)CCN2. The third-order valence-corrected chi connectivity index (χ3v) is 6.98. The van der Waals surface area contributed by atoms with E-state index in [-0.39, 0.29) is 30.2 Å². The van der Waals surface area contributed by atoms with E-state index in [9.17, 15) is 18.4 Å². The third kappa shape index (κ3) is 6.48. The molecule has 1 atom stereocenters. The summed E-state index contributed by atoms with van der Waals surface area (Å²) in [4.78, 5) is 29.7. The van der Waals surface area contributed by atoms with Crippen LogP contribution in [0.5, 0.6) is 11.5 Å². The molecule has 1 fully saturated rings. The highest BCUT2D eigenvalue weighted by atomic mass is 19.1. The van der Waals surface area contributed by atoms with Gasteiger partial charge in [-0.1, -0.05) is 0 Å². The summed E-state index contributed by atoms with van der Waals surface area (Å²) in [6.45, 7) is 10.4. The van der Waals surface area contributed by atoms with Crippen molar-refractivity contribution in [3.05, 3.63) is 65.5 Å². The summed E-state index contributed by atoms with van der Waals surface area (Å²) in [6.07, 6.45) is 0.451. The lowest BCUT2D eigenvalue weighted by Crippen LogP contribution is -2.51. The maximum Gasteiger partial charge on any atom is 0.410 e. The number of esters is 1. The molecule has 3 aromatic rings. The Morgan fingerprint density at radius 1 is 1.00 bits per heavy atom. The van der Waals surface area contributed by atoms with Crippen molar-refractivity contribution < 1.29 is 32.6 Å². The molecule has 12 heteroatoms. The number of piperazine rings is 1. The van der Waals surface area contributed by atoms with Crippen molar-refractivity contribution in [1.82, 2.24) is 19.6 Å². The average Bonchev–Trinajstić information content (AvgIpc) is 3.32. The Bertz CT molecular complexity index is 1430. The van der Waals surface area contributed by atoms with Crippen molar-refractivity contribution in [2.24, 2.45) is 0 Å². The Morgan fingerprint density at radius 2 is 1.67 bits per heavy atom. The Hall–Kier alpha value is -4.19. The lowest BCUT2D eigenvalue weighted by Gasteiger charge is -2.40. The van der Waals surface area contributed by atoms with Crippen molar-refractivity contribution in [1.29, 1.82) is 0 Å². The number of anilines is 1. The van der Waals surface area contributed by atoms with Gasteiger partial charge in [0.25, 0.3) is 0 Å². The second-order valence-corrected chi connectivity index (χ2v) is 11.2. The molecule has 42 heavy (non-hydrogen) atoms. The number of carbonyl (C=O) groups is 2. The lowest BCUT2D eigenvalue weighted by atomic mass is 10.0. The van der Waals surface area contributed by atoms with E-state index in [0.717, 1.165) is 30.3 Å². The number of hydrogen-bond donors (Lipinski definition) is 1. The highest BCUT2D eigenvalue weighted by Gasteiger charge is 2.37. The number of halogens is 2. The van der Waals surface area contributed by atoms with Gasteiger partial charge in [0.15, 0.2) is 5.69 Å². The number of nitrogens with zero attached hydrogens (tertiary/aromatic N) is 4. The summed E-state index contributed by atoms with van der Waals surface area (Å²) in [7, 11) is 0. The average molecular weight is 584 g/mol. The van der Waals surface area contributed by atoms with Gasteiger partial charge in [0.1, 0.15) is 34.4 Å². The first kappa shape index (κ1) is 29.3. The van der Waals surface area contributed by atoms with E-state index in [2.05, 4.69) is 10.2 Å². The molecule has 0 spiro atoms. The first-order valence-corrected chi connectivity index (χ1v) is 14.0. The van der Waals surface area contributed by atoms with Gasteiger partial charge in [-0.2, -0.15) is 5.10 Å². The Balaban J connectivity index is 1.39. The highest BCUT2D eigenvalue weighted by molar-refractivity contribution is 5.95. The summed E-state index contributed by atoms with van der Waals surface area (Å²) in [5, 5.41) is 8.23. The predicted octanol–water partition coefficient (Wildman–Crippen LogP) is 5.53. The number of carbonyl (C=O) groups excluding carboxylic acids is 2. The minimum atomic E-state index is -0.740. The summed E-state index contributed by atoms with van der Waals surface area (Å²) < 4.78 is 45.3. The largest absolute Gasteiger partial charge is 0.461 e. The van der Waals surface area contributed by atoms with Gasteiger partial charge in [-0.25, -0.2) is 23.1 Å². The van der Waals surface area contributed by atoms with E-state index in [1.165, 1.54) is 0 Å². The molecule has 1 amide bonds. The number of rotatable bonds is 6. The fourth-order valence-corrected chi connectivity index (χ4v) is 5.16. The van der Waals surface area contributed by atoms with Gasteiger partial charge in [-0.05, 0) is 58.4 Å². The minimum absolute atomic E-state index is 0.0285. The molecule has 0 saturated carbocycles. The van der Waals surface area contributed by atoms with E-state index in [1.807, 2.05) is 20.8 Å². The Labute approximate surface area is 243 Å². The maximum atomic E-state index is 13.6. The molecule has 0 bridgehead atoms. The number of benzene rings is 2. The summed E-state index contributed by atoms with van der Waals surface area (Å²) in [5.41, 5.74) is 1.65. The van der Waals surface area contributed by atoms with E-state index in [0.29, 0.717) is 49.8 Å². The smallest absolute Gasteiger partial charge is 0.410 e. The van der Waals surface area contributed by atoms with E-state index >= 15 is 0 Å². The molecule has 1 saturated heterocycles. The molecule has 3 heterocycles. The quantitative estimate of drug-likeness (QED) is 0.379. The van der Waals surface area contributed by atoms with Crippen LogP contribution in [-0.2, 0) is 9.47 Å². The normalized spacial score (nSPS) is 17.3. The van der Waals surface area contributed by atoms with Crippen LogP contribution in [0.2, 0.25) is 0 Å². The van der Waals surface area contributed by atoms with Crippen molar-refractivity contribution in [2.75, 3.05) is 44.6 Å². The molecule has 2 aliphatic heterocycles. The fraction of sp³-hybridized carbons (Fsp3) is 0.433. The zero-order valence-corrected chi connectivity index (χ0v) is 24.2. The van der Waals surface area contributed by atoms with E-state index in [1.54, 1.807) is 40.8 Å². The molecule has 2 aromatic carbocycles. The lowest BCUT2D eigenvalue weighted by molar-refractivity contribution is 0.00950. The maximum absolute atomic E-state index is 13.6. The number of fused-ring (bicyclic) bond motifs is 1. The van der Waals surface area contributed by atoms with Gasteiger partial charge in [0.2, 0.25) is 0 Å². The van der Waals surface area contributed by atoms with Crippen LogP contribution in [0.3, 0.4) is 0 Å². The molecule has 0 radical (unpaired) electrons. The molecule has 1 aromatic heterocycles. The summed E-state index contributed by atoms with van der Waals surface area (Å²) >= 11 is 0. The van der Waals surface area contributed by atoms with Crippen molar-refractivity contribution in [3.63, 3.8) is 0 Å². The molecule has 1 N–H and O–H groups in total. The van der Waals surface area contributed by atoms with Crippen LogP contribution < -0.4 is 10.1 Å². The minimum Gasteiger partial charge on any atom is -0.461 e. The van der Waals surface area contributed by atoms with E-state index in [4.69, 9.17) is 19.3 Å². The van der Waals surface area contributed by atoms with Crippen LogP contribution in [0.4, 0.5) is 19.3 Å². The summed E-state index contributed by atoms with van der Waals surface area (Å²) in [6, 6.07) is 9.58. The number of aromatic nitrogens is 2. The van der Waals surface area contributed by atoms with Crippen LogP contribution >= 0.6 is 0 Å². The monoisotopic (exact) mass is 583 g/mol. The van der Waals surface area contributed by atoms with Crippen molar-refractivity contribution in [3.8, 4) is 17.2 Å². The molecular formula is C30H35F2N5O5. The zero-order chi connectivity index (χ0) is 30.0. The van der Waals surface area contributed by atoms with Crippen molar-refractivity contribution in [2.45, 2.75) is 45.8 Å². The van der Waals surface area contributed by atoms with Gasteiger partial charge in [-0.15, -0.1) is 0 Å². The number of nitrogens with one attached hydrogen (secondary N) is 1. The molecule has 2 aliphatic rings. The third-order valence-electron chi connectivity index (χ3n) is 6.98. The highest BCUT2D eigenvalue weighted by Crippen LogP contribution is 2.38. The van der Waals surface area contributed by atoms with Gasteiger partial charge in [0.05, 0.1) is 24.0 Å². The van der Waals surface area contributed by atoms with Gasteiger partial charge in [-0.3, -0.25) is 4.90 Å². The van der Waals surface area contributed by atoms with Gasteiger partial charge >= 0.3 is 12.1 Å². The zero-order valence-electron chi connectivity index (χ0n) is 24.2. The predicted molar refractivity (Wildman–Crippen MR) is 151 cm³/mol. The second kappa shape index (κ2) is 12.0. The fourth-order valence-electron chi connectivity index (χ4n) is 5.16. The Kier molecular flexibility index (Phi) is 8.35. The van der Waals surface area contributed by atoms with Crippen LogP contribution in [0.15, 0.2) is 42.5 Å². The van der Waals surface area contributed by atoms with Crippen LogP contribution in [0.1, 0.15) is 56.3 Å². The second-order valence-electron chi connectivity index (χ2n) is 11.2. The van der Waals surface area contributed by atoms with E-state index < -0.39 is 23.2 Å². The molecule has 224 valence electrons. The number of amides is 1. The number of ether oxygens (including phenoxy) is 3. The topological polar surface area (TPSA) is 98.2 Å².